The van der Waals surface area contributed by atoms with Crippen LogP contribution >= 0.6 is 0 Å². The number of benzene rings is 3. The lowest BCUT2D eigenvalue weighted by Gasteiger charge is -2.28. The van der Waals surface area contributed by atoms with E-state index in [9.17, 15) is 19.8 Å². The van der Waals surface area contributed by atoms with Crippen LogP contribution in [0.3, 0.4) is 0 Å². The van der Waals surface area contributed by atoms with Crippen molar-refractivity contribution in [2.45, 2.75) is 6.04 Å². The first-order valence-corrected chi connectivity index (χ1v) is 11.9. The highest BCUT2D eigenvalue weighted by atomic mass is 16.5. The van der Waals surface area contributed by atoms with Gasteiger partial charge >= 0.3 is 6.03 Å². The number of urea groups is 1. The molecule has 0 fully saturated rings. The SMILES string of the molecule is COc1ccc(C2NC(=O)NC(/C=C/c3ccc(O)c(OC)c3)=C2C(=O)/C=C/c2ccc(O)c(OC)c2)cc1. The van der Waals surface area contributed by atoms with Gasteiger partial charge in [-0.2, -0.15) is 0 Å². The summed E-state index contributed by atoms with van der Waals surface area (Å²) in [6, 6.07) is 15.4. The number of ether oxygens (including phenoxy) is 3. The Morgan fingerprint density at radius 2 is 1.38 bits per heavy atom. The summed E-state index contributed by atoms with van der Waals surface area (Å²) in [5.41, 5.74) is 2.63. The van der Waals surface area contributed by atoms with Gasteiger partial charge in [0.1, 0.15) is 5.75 Å². The van der Waals surface area contributed by atoms with Gasteiger partial charge in [0, 0.05) is 5.57 Å². The van der Waals surface area contributed by atoms with Gasteiger partial charge in [-0.05, 0) is 65.2 Å². The molecule has 3 aromatic carbocycles. The van der Waals surface area contributed by atoms with E-state index >= 15 is 0 Å². The third-order valence-corrected chi connectivity index (χ3v) is 6.09. The number of allylic oxidation sites excluding steroid dienone is 2. The molecule has 3 aromatic rings. The van der Waals surface area contributed by atoms with E-state index in [4.69, 9.17) is 14.2 Å². The summed E-state index contributed by atoms with van der Waals surface area (Å²) in [6.45, 7) is 0. The third-order valence-electron chi connectivity index (χ3n) is 6.09. The van der Waals surface area contributed by atoms with Gasteiger partial charge in [0.15, 0.2) is 28.8 Å². The number of amides is 2. The molecule has 200 valence electrons. The smallest absolute Gasteiger partial charge is 0.320 e. The Bertz CT molecular complexity index is 1470. The van der Waals surface area contributed by atoms with Crippen LogP contribution in [0.25, 0.3) is 12.2 Å². The number of carbonyl (C=O) groups excluding carboxylic acids is 2. The Hall–Kier alpha value is -5.18. The minimum absolute atomic E-state index is 0.00419. The van der Waals surface area contributed by atoms with Gasteiger partial charge < -0.3 is 35.1 Å². The van der Waals surface area contributed by atoms with E-state index in [2.05, 4.69) is 10.6 Å². The molecule has 39 heavy (non-hydrogen) atoms. The molecule has 1 aliphatic rings. The van der Waals surface area contributed by atoms with E-state index in [1.807, 2.05) is 0 Å². The highest BCUT2D eigenvalue weighted by Crippen LogP contribution is 2.32. The van der Waals surface area contributed by atoms with E-state index in [1.165, 1.54) is 32.4 Å². The van der Waals surface area contributed by atoms with Gasteiger partial charge in [0.05, 0.1) is 33.1 Å². The quantitative estimate of drug-likeness (QED) is 0.296. The maximum Gasteiger partial charge on any atom is 0.320 e. The van der Waals surface area contributed by atoms with Crippen LogP contribution in [0.1, 0.15) is 22.7 Å². The molecule has 0 saturated carbocycles. The lowest BCUT2D eigenvalue weighted by molar-refractivity contribution is -0.111. The molecule has 0 radical (unpaired) electrons. The van der Waals surface area contributed by atoms with Gasteiger partial charge in [0.2, 0.25) is 0 Å². The Balaban J connectivity index is 1.77. The summed E-state index contributed by atoms with van der Waals surface area (Å²) in [4.78, 5) is 26.3. The third kappa shape index (κ3) is 6.22. The normalized spacial score (nSPS) is 15.3. The fraction of sp³-hybridized carbons (Fsp3) is 0.133. The van der Waals surface area contributed by atoms with Gasteiger partial charge in [-0.25, -0.2) is 4.79 Å². The number of hydrogen-bond donors (Lipinski definition) is 4. The molecule has 1 atom stereocenters. The Kier molecular flexibility index (Phi) is 8.21. The van der Waals surface area contributed by atoms with Crippen LogP contribution in [0, 0.1) is 0 Å². The second-order valence-electron chi connectivity index (χ2n) is 8.53. The maximum absolute atomic E-state index is 13.6. The second-order valence-corrected chi connectivity index (χ2v) is 8.53. The molecule has 0 aliphatic carbocycles. The van der Waals surface area contributed by atoms with E-state index in [1.54, 1.807) is 73.9 Å². The Morgan fingerprint density at radius 3 is 1.95 bits per heavy atom. The molecule has 0 spiro atoms. The number of rotatable bonds is 9. The lowest BCUT2D eigenvalue weighted by atomic mass is 9.91. The Morgan fingerprint density at radius 1 is 0.795 bits per heavy atom. The van der Waals surface area contributed by atoms with Crippen LogP contribution in [0.5, 0.6) is 28.7 Å². The monoisotopic (exact) mass is 528 g/mol. The van der Waals surface area contributed by atoms with E-state index in [-0.39, 0.29) is 23.0 Å². The molecule has 0 saturated heterocycles. The Labute approximate surface area is 225 Å². The molecule has 4 N–H and O–H groups in total. The number of hydrogen-bond acceptors (Lipinski definition) is 7. The van der Waals surface area contributed by atoms with Crippen molar-refractivity contribution in [3.63, 3.8) is 0 Å². The first kappa shape index (κ1) is 26.9. The zero-order valence-electron chi connectivity index (χ0n) is 21.6. The second kappa shape index (κ2) is 11.9. The molecule has 9 nitrogen and oxygen atoms in total. The highest BCUT2D eigenvalue weighted by molar-refractivity contribution is 6.09. The standard InChI is InChI=1S/C30H28N2O7/c1-37-21-10-8-20(9-11-21)29-28(25(35)15-7-19-6-14-24(34)27(17-19)39-3)22(31-30(36)32-29)12-4-18-5-13-23(33)26(16-18)38-2/h4-17,29,33-34H,1-3H3,(H2,31,32,36)/b12-4+,15-7+. The number of aromatic hydroxyl groups is 2. The number of methoxy groups -OCH3 is 3. The first-order valence-electron chi connectivity index (χ1n) is 11.9. The van der Waals surface area contributed by atoms with E-state index < -0.39 is 12.1 Å². The predicted octanol–water partition coefficient (Wildman–Crippen LogP) is 4.73. The van der Waals surface area contributed by atoms with Crippen molar-refractivity contribution in [3.05, 3.63) is 101 Å². The summed E-state index contributed by atoms with van der Waals surface area (Å²) in [6.07, 6.45) is 6.33. The molecule has 2 amide bonds. The van der Waals surface area contributed by atoms with E-state index in [0.717, 1.165) is 0 Å². The first-order chi connectivity index (χ1) is 18.8. The van der Waals surface area contributed by atoms with E-state index in [0.29, 0.717) is 39.5 Å². The number of phenolic OH excluding ortho intramolecular Hbond substituents is 2. The number of phenols is 2. The largest absolute Gasteiger partial charge is 0.504 e. The summed E-state index contributed by atoms with van der Waals surface area (Å²) in [5.74, 6) is 0.840. The highest BCUT2D eigenvalue weighted by Gasteiger charge is 2.31. The van der Waals surface area contributed by atoms with Crippen molar-refractivity contribution >= 4 is 24.0 Å². The molecule has 1 unspecified atom stereocenters. The molecule has 4 rings (SSSR count). The molecule has 1 heterocycles. The van der Waals surface area contributed by atoms with Crippen molar-refractivity contribution in [2.24, 2.45) is 0 Å². The average molecular weight is 529 g/mol. The minimum Gasteiger partial charge on any atom is -0.504 e. The molecular formula is C30H28N2O7. The van der Waals surface area contributed by atoms with Gasteiger partial charge in [0.25, 0.3) is 0 Å². The molecule has 9 heteroatoms. The van der Waals surface area contributed by atoms with Crippen LogP contribution in [0.15, 0.2) is 84.1 Å². The molecule has 0 bridgehead atoms. The average Bonchev–Trinajstić information content (AvgIpc) is 2.95. The fourth-order valence-electron chi connectivity index (χ4n) is 4.07. The minimum atomic E-state index is -0.745. The van der Waals surface area contributed by atoms with Crippen LogP contribution in [-0.4, -0.2) is 43.4 Å². The number of carbonyl (C=O) groups is 2. The zero-order valence-corrected chi connectivity index (χ0v) is 21.6. The molecular weight excluding hydrogens is 500 g/mol. The molecule has 1 aliphatic heterocycles. The van der Waals surface area contributed by atoms with Crippen LogP contribution in [0.4, 0.5) is 4.79 Å². The summed E-state index contributed by atoms with van der Waals surface area (Å²) >= 11 is 0. The van der Waals surface area contributed by atoms with Gasteiger partial charge in [-0.1, -0.05) is 36.4 Å². The van der Waals surface area contributed by atoms with Crippen molar-refractivity contribution in [3.8, 4) is 28.7 Å². The van der Waals surface area contributed by atoms with Gasteiger partial charge in [-0.3, -0.25) is 4.79 Å². The topological polar surface area (TPSA) is 126 Å². The van der Waals surface area contributed by atoms with Crippen LogP contribution < -0.4 is 24.8 Å². The van der Waals surface area contributed by atoms with Crippen LogP contribution in [0.2, 0.25) is 0 Å². The van der Waals surface area contributed by atoms with Crippen molar-refractivity contribution < 1.29 is 34.0 Å². The summed E-state index contributed by atoms with van der Waals surface area (Å²) in [5, 5.41) is 25.3. The summed E-state index contributed by atoms with van der Waals surface area (Å²) in [7, 11) is 4.45. The molecule has 0 aromatic heterocycles. The number of ketones is 1. The summed E-state index contributed by atoms with van der Waals surface area (Å²) < 4.78 is 15.6. The van der Waals surface area contributed by atoms with Crippen molar-refractivity contribution in [1.82, 2.24) is 10.6 Å². The fourth-order valence-corrected chi connectivity index (χ4v) is 4.07. The number of nitrogens with one attached hydrogen (secondary N) is 2. The maximum atomic E-state index is 13.6. The van der Waals surface area contributed by atoms with Crippen LogP contribution in [-0.2, 0) is 4.79 Å². The van der Waals surface area contributed by atoms with Crippen molar-refractivity contribution in [1.29, 1.82) is 0 Å². The van der Waals surface area contributed by atoms with Gasteiger partial charge in [-0.15, -0.1) is 0 Å². The lowest BCUT2D eigenvalue weighted by Crippen LogP contribution is -2.45. The zero-order chi connectivity index (χ0) is 27.9. The predicted molar refractivity (Wildman–Crippen MR) is 147 cm³/mol. The van der Waals surface area contributed by atoms with Crippen molar-refractivity contribution in [2.75, 3.05) is 21.3 Å².